The van der Waals surface area contributed by atoms with E-state index < -0.39 is 0 Å². The maximum atomic E-state index is 4.50. The number of rotatable bonds is 2. The molecule has 0 amide bonds. The molecule has 0 saturated heterocycles. The van der Waals surface area contributed by atoms with Crippen LogP contribution in [0.15, 0.2) is 6.20 Å². The van der Waals surface area contributed by atoms with Crippen molar-refractivity contribution in [2.75, 3.05) is 0 Å². The van der Waals surface area contributed by atoms with Crippen molar-refractivity contribution >= 4 is 0 Å². The number of nitrogens with zero attached hydrogens (tertiary/aromatic N) is 2. The Kier molecular flexibility index (Phi) is 1.71. The van der Waals surface area contributed by atoms with Crippen molar-refractivity contribution in [1.82, 2.24) is 15.1 Å². The van der Waals surface area contributed by atoms with Crippen LogP contribution in [-0.2, 0) is 13.5 Å². The highest BCUT2D eigenvalue weighted by Crippen LogP contribution is 2.37. The van der Waals surface area contributed by atoms with Crippen LogP contribution in [0.4, 0.5) is 0 Å². The van der Waals surface area contributed by atoms with Gasteiger partial charge in [0.25, 0.3) is 0 Å². The molecule has 3 heteroatoms. The summed E-state index contributed by atoms with van der Waals surface area (Å²) in [5, 5.41) is 8.21. The van der Waals surface area contributed by atoms with Gasteiger partial charge >= 0.3 is 0 Å². The van der Waals surface area contributed by atoms with E-state index in [1.54, 1.807) is 0 Å². The van der Waals surface area contributed by atoms with E-state index in [1.807, 2.05) is 11.7 Å². The predicted octanol–water partition coefficient (Wildman–Crippen LogP) is 1.41. The second-order valence-electron chi connectivity index (χ2n) is 4.80. The van der Waals surface area contributed by atoms with Gasteiger partial charge in [0, 0.05) is 30.9 Å². The Morgan fingerprint density at radius 1 is 1.50 bits per heavy atom. The van der Waals surface area contributed by atoms with Crippen molar-refractivity contribution in [2.45, 2.75) is 38.3 Å². The van der Waals surface area contributed by atoms with Crippen molar-refractivity contribution in [1.29, 1.82) is 0 Å². The van der Waals surface area contributed by atoms with Gasteiger partial charge in [0.1, 0.15) is 0 Å². The highest BCUT2D eigenvalue weighted by Gasteiger charge is 2.35. The molecule has 0 bridgehead atoms. The minimum Gasteiger partial charge on any atom is -0.307 e. The molecule has 0 aliphatic heterocycles. The molecule has 1 heterocycles. The van der Waals surface area contributed by atoms with Gasteiger partial charge in [0.2, 0.25) is 0 Å². The van der Waals surface area contributed by atoms with Crippen LogP contribution in [0.1, 0.15) is 37.1 Å². The Bertz CT molecular complexity index is 351. The summed E-state index contributed by atoms with van der Waals surface area (Å²) in [7, 11) is 2.01. The monoisotopic (exact) mass is 191 g/mol. The molecular formula is C11H17N3. The third kappa shape index (κ3) is 1.27. The van der Waals surface area contributed by atoms with Crippen LogP contribution in [0.25, 0.3) is 0 Å². The van der Waals surface area contributed by atoms with E-state index in [-0.39, 0.29) is 0 Å². The number of aryl methyl sites for hydroxylation is 1. The average Bonchev–Trinajstić information content (AvgIpc) is 2.81. The lowest BCUT2D eigenvalue weighted by Gasteiger charge is -2.17. The largest absolute Gasteiger partial charge is 0.307 e. The first kappa shape index (κ1) is 8.48. The van der Waals surface area contributed by atoms with Gasteiger partial charge < -0.3 is 5.32 Å². The lowest BCUT2D eigenvalue weighted by molar-refractivity contribution is 0.409. The molecule has 1 aromatic rings. The number of fused-ring (bicyclic) bond motifs is 1. The predicted molar refractivity (Wildman–Crippen MR) is 55.0 cm³/mol. The topological polar surface area (TPSA) is 29.9 Å². The lowest BCUT2D eigenvalue weighted by atomic mass is 10.0. The third-order valence-corrected chi connectivity index (χ3v) is 3.35. The SMILES string of the molecule is CC1Cc2nn(C)cc2C1NC1CC1. The van der Waals surface area contributed by atoms with Crippen LogP contribution >= 0.6 is 0 Å². The van der Waals surface area contributed by atoms with Crippen molar-refractivity contribution in [3.05, 3.63) is 17.5 Å². The van der Waals surface area contributed by atoms with Crippen LogP contribution < -0.4 is 5.32 Å². The summed E-state index contributed by atoms with van der Waals surface area (Å²) in [6.07, 6.45) is 6.04. The standard InChI is InChI=1S/C11H17N3/c1-7-5-10-9(6-14(2)13-10)11(7)12-8-3-4-8/h6-8,11-12H,3-5H2,1-2H3. The zero-order chi connectivity index (χ0) is 9.71. The first-order valence-electron chi connectivity index (χ1n) is 5.52. The lowest BCUT2D eigenvalue weighted by Crippen LogP contribution is -2.25. The van der Waals surface area contributed by atoms with Gasteiger partial charge in [-0.25, -0.2) is 0 Å². The fraction of sp³-hybridized carbons (Fsp3) is 0.727. The van der Waals surface area contributed by atoms with Crippen LogP contribution in [0.3, 0.4) is 0 Å². The molecule has 2 aliphatic rings. The van der Waals surface area contributed by atoms with Gasteiger partial charge in [-0.15, -0.1) is 0 Å². The van der Waals surface area contributed by atoms with E-state index in [1.165, 1.54) is 24.1 Å². The fourth-order valence-electron chi connectivity index (χ4n) is 2.46. The Balaban J connectivity index is 1.87. The molecule has 14 heavy (non-hydrogen) atoms. The summed E-state index contributed by atoms with van der Waals surface area (Å²) >= 11 is 0. The number of aromatic nitrogens is 2. The molecule has 0 aromatic carbocycles. The second kappa shape index (κ2) is 2.83. The number of hydrogen-bond acceptors (Lipinski definition) is 2. The minimum absolute atomic E-state index is 0.561. The molecule has 2 unspecified atom stereocenters. The molecule has 1 saturated carbocycles. The maximum absolute atomic E-state index is 4.50. The summed E-state index contributed by atoms with van der Waals surface area (Å²) in [4.78, 5) is 0. The number of hydrogen-bond donors (Lipinski definition) is 1. The summed E-state index contributed by atoms with van der Waals surface area (Å²) in [6, 6.07) is 1.35. The van der Waals surface area contributed by atoms with Crippen LogP contribution in [0, 0.1) is 5.92 Å². The molecule has 2 aliphatic carbocycles. The summed E-state index contributed by atoms with van der Waals surface area (Å²) in [5.41, 5.74) is 2.74. The zero-order valence-corrected chi connectivity index (χ0v) is 8.83. The molecular weight excluding hydrogens is 174 g/mol. The summed E-state index contributed by atoms with van der Waals surface area (Å²) < 4.78 is 1.94. The van der Waals surface area contributed by atoms with E-state index in [2.05, 4.69) is 23.5 Å². The number of nitrogens with one attached hydrogen (secondary N) is 1. The smallest absolute Gasteiger partial charge is 0.0675 e. The second-order valence-corrected chi connectivity index (χ2v) is 4.80. The van der Waals surface area contributed by atoms with E-state index in [0.29, 0.717) is 12.0 Å². The van der Waals surface area contributed by atoms with E-state index in [0.717, 1.165) is 12.5 Å². The first-order chi connectivity index (χ1) is 6.74. The van der Waals surface area contributed by atoms with Crippen molar-refractivity contribution < 1.29 is 0 Å². The fourth-order valence-corrected chi connectivity index (χ4v) is 2.46. The van der Waals surface area contributed by atoms with E-state index in [4.69, 9.17) is 0 Å². The average molecular weight is 191 g/mol. The first-order valence-corrected chi connectivity index (χ1v) is 5.52. The van der Waals surface area contributed by atoms with E-state index in [9.17, 15) is 0 Å². The van der Waals surface area contributed by atoms with Gasteiger partial charge in [-0.2, -0.15) is 5.10 Å². The van der Waals surface area contributed by atoms with Crippen molar-refractivity contribution in [3.63, 3.8) is 0 Å². The Morgan fingerprint density at radius 2 is 2.29 bits per heavy atom. The van der Waals surface area contributed by atoms with Gasteiger partial charge in [-0.1, -0.05) is 6.92 Å². The molecule has 1 aromatic heterocycles. The van der Waals surface area contributed by atoms with Crippen molar-refractivity contribution in [2.24, 2.45) is 13.0 Å². The Labute approximate surface area is 84.5 Å². The highest BCUT2D eigenvalue weighted by molar-refractivity contribution is 5.28. The maximum Gasteiger partial charge on any atom is 0.0675 e. The molecule has 1 N–H and O–H groups in total. The quantitative estimate of drug-likeness (QED) is 0.766. The molecule has 3 rings (SSSR count). The van der Waals surface area contributed by atoms with Crippen LogP contribution in [-0.4, -0.2) is 15.8 Å². The van der Waals surface area contributed by atoms with Gasteiger partial charge in [-0.3, -0.25) is 4.68 Å². The molecule has 0 spiro atoms. The van der Waals surface area contributed by atoms with Gasteiger partial charge in [0.15, 0.2) is 0 Å². The molecule has 0 radical (unpaired) electrons. The van der Waals surface area contributed by atoms with E-state index >= 15 is 0 Å². The van der Waals surface area contributed by atoms with Gasteiger partial charge in [0.05, 0.1) is 5.69 Å². The van der Waals surface area contributed by atoms with Crippen LogP contribution in [0.2, 0.25) is 0 Å². The zero-order valence-electron chi connectivity index (χ0n) is 8.83. The normalized spacial score (nSPS) is 30.7. The summed E-state index contributed by atoms with van der Waals surface area (Å²) in [6.45, 7) is 2.32. The Hall–Kier alpha value is -0.830. The highest BCUT2D eigenvalue weighted by atomic mass is 15.3. The molecule has 3 nitrogen and oxygen atoms in total. The molecule has 76 valence electrons. The van der Waals surface area contributed by atoms with Gasteiger partial charge in [-0.05, 0) is 25.2 Å². The summed E-state index contributed by atoms with van der Waals surface area (Å²) in [5.74, 6) is 0.717. The third-order valence-electron chi connectivity index (χ3n) is 3.35. The Morgan fingerprint density at radius 3 is 3.00 bits per heavy atom. The molecule has 1 fully saturated rings. The molecule has 2 atom stereocenters. The van der Waals surface area contributed by atoms with Crippen molar-refractivity contribution in [3.8, 4) is 0 Å². The van der Waals surface area contributed by atoms with Crippen LogP contribution in [0.5, 0.6) is 0 Å². The minimum atomic E-state index is 0.561.